The van der Waals surface area contributed by atoms with Gasteiger partial charge in [-0.25, -0.2) is 9.37 Å². The fraction of sp³-hybridized carbons (Fsp3) is 0.483. The molecule has 0 saturated heterocycles. The summed E-state index contributed by atoms with van der Waals surface area (Å²) in [5.41, 5.74) is 4.66. The third-order valence-corrected chi connectivity index (χ3v) is 8.17. The van der Waals surface area contributed by atoms with Crippen molar-refractivity contribution in [1.82, 2.24) is 14.5 Å². The Kier molecular flexibility index (Phi) is 8.65. The van der Waals surface area contributed by atoms with E-state index in [2.05, 4.69) is 32.0 Å². The van der Waals surface area contributed by atoms with Gasteiger partial charge in [0, 0.05) is 69.1 Å². The lowest BCUT2D eigenvalue weighted by Gasteiger charge is -2.36. The van der Waals surface area contributed by atoms with Crippen LogP contribution in [0.5, 0.6) is 0 Å². The minimum absolute atomic E-state index is 0.106. The lowest BCUT2D eigenvalue weighted by atomic mass is 9.93. The molecule has 204 valence electrons. The van der Waals surface area contributed by atoms with Crippen LogP contribution in [0.1, 0.15) is 42.5 Å². The van der Waals surface area contributed by atoms with Crippen LogP contribution in [0.4, 0.5) is 10.2 Å². The molecular weight excluding hydrogens is 507 g/mol. The number of hydrogen-bond acceptors (Lipinski definition) is 6. The Hall–Kier alpha value is -2.49. The van der Waals surface area contributed by atoms with E-state index in [1.807, 2.05) is 6.07 Å². The molecule has 5 rings (SSSR count). The summed E-state index contributed by atoms with van der Waals surface area (Å²) in [6.07, 6.45) is 8.43. The third kappa shape index (κ3) is 6.05. The van der Waals surface area contributed by atoms with Crippen molar-refractivity contribution < 1.29 is 19.0 Å². The number of hydrogen-bond donors (Lipinski definition) is 2. The number of anilines is 1. The van der Waals surface area contributed by atoms with Gasteiger partial charge in [0.2, 0.25) is 0 Å². The number of benzene rings is 1. The molecule has 1 aliphatic heterocycles. The number of aliphatic hydroxyl groups is 1. The standard InChI is InChI=1S/C29H36ClFN4O3/c1-37-18-25-16-34-14-21(10-24(34)15-35(25)13-20-9-22(31)4-3-19(20)17-36)27-11-29(32-12-28(27)30)33-23-5-7-26(38-2)8-6-23/h3-4,9-12,14,23,25-26,36H,5-8,13,15-18H2,1-2H3,(H,32,33)/t23?,25-,26?/m1/s1. The maximum Gasteiger partial charge on any atom is 0.126 e. The molecule has 2 N–H and O–H groups in total. The lowest BCUT2D eigenvalue weighted by Crippen LogP contribution is -2.44. The van der Waals surface area contributed by atoms with Crippen LogP contribution in [0.25, 0.3) is 11.1 Å². The summed E-state index contributed by atoms with van der Waals surface area (Å²) in [7, 11) is 3.48. The molecule has 0 spiro atoms. The van der Waals surface area contributed by atoms with E-state index in [9.17, 15) is 9.50 Å². The monoisotopic (exact) mass is 542 g/mol. The molecule has 1 aromatic carbocycles. The summed E-state index contributed by atoms with van der Waals surface area (Å²) in [4.78, 5) is 6.83. The number of methoxy groups -OCH3 is 2. The van der Waals surface area contributed by atoms with Crippen molar-refractivity contribution in [2.45, 2.75) is 70.1 Å². The molecule has 3 heterocycles. The number of rotatable bonds is 9. The van der Waals surface area contributed by atoms with Gasteiger partial charge in [-0.15, -0.1) is 0 Å². The number of aromatic nitrogens is 2. The molecule has 1 saturated carbocycles. The molecule has 0 unspecified atom stereocenters. The van der Waals surface area contributed by atoms with Crippen LogP contribution in [-0.2, 0) is 35.7 Å². The molecule has 1 fully saturated rings. The van der Waals surface area contributed by atoms with Crippen molar-refractivity contribution in [3.8, 4) is 11.1 Å². The second-order valence-electron chi connectivity index (χ2n) is 10.4. The Morgan fingerprint density at radius 2 is 1.95 bits per heavy atom. The van der Waals surface area contributed by atoms with Gasteiger partial charge in [0.15, 0.2) is 0 Å². The highest BCUT2D eigenvalue weighted by molar-refractivity contribution is 6.33. The fourth-order valence-corrected chi connectivity index (χ4v) is 5.94. The highest BCUT2D eigenvalue weighted by Crippen LogP contribution is 2.34. The minimum Gasteiger partial charge on any atom is -0.392 e. The van der Waals surface area contributed by atoms with Crippen LogP contribution in [0.2, 0.25) is 5.02 Å². The van der Waals surface area contributed by atoms with Gasteiger partial charge in [0.25, 0.3) is 0 Å². The average Bonchev–Trinajstić information content (AvgIpc) is 3.33. The van der Waals surface area contributed by atoms with Crippen LogP contribution in [-0.4, -0.2) is 58.6 Å². The second-order valence-corrected chi connectivity index (χ2v) is 10.8. The van der Waals surface area contributed by atoms with Gasteiger partial charge in [-0.1, -0.05) is 17.7 Å². The van der Waals surface area contributed by atoms with Crippen LogP contribution in [0.15, 0.2) is 42.7 Å². The molecule has 2 aromatic heterocycles. The number of nitrogens with one attached hydrogen (secondary N) is 1. The third-order valence-electron chi connectivity index (χ3n) is 7.87. The zero-order valence-corrected chi connectivity index (χ0v) is 22.8. The highest BCUT2D eigenvalue weighted by atomic mass is 35.5. The summed E-state index contributed by atoms with van der Waals surface area (Å²) in [6, 6.07) is 9.25. The van der Waals surface area contributed by atoms with Gasteiger partial charge >= 0.3 is 0 Å². The van der Waals surface area contributed by atoms with Crippen LogP contribution < -0.4 is 5.32 Å². The van der Waals surface area contributed by atoms with E-state index in [4.69, 9.17) is 21.1 Å². The Morgan fingerprint density at radius 1 is 1.13 bits per heavy atom. The number of pyridine rings is 1. The molecule has 3 aromatic rings. The predicted octanol–water partition coefficient (Wildman–Crippen LogP) is 5.24. The summed E-state index contributed by atoms with van der Waals surface area (Å²) < 4.78 is 27.3. The molecule has 38 heavy (non-hydrogen) atoms. The van der Waals surface area contributed by atoms with Crippen molar-refractivity contribution in [1.29, 1.82) is 0 Å². The van der Waals surface area contributed by atoms with Gasteiger partial charge in [-0.3, -0.25) is 4.90 Å². The molecule has 0 bridgehead atoms. The Balaban J connectivity index is 1.36. The molecule has 1 atom stereocenters. The molecule has 9 heteroatoms. The summed E-state index contributed by atoms with van der Waals surface area (Å²) in [5.74, 6) is 0.530. The highest BCUT2D eigenvalue weighted by Gasteiger charge is 2.28. The van der Waals surface area contributed by atoms with Crippen molar-refractivity contribution in [3.05, 3.63) is 70.4 Å². The first-order valence-corrected chi connectivity index (χ1v) is 13.6. The topological polar surface area (TPSA) is 71.8 Å². The van der Waals surface area contributed by atoms with Gasteiger partial charge in [-0.2, -0.15) is 0 Å². The average molecular weight is 543 g/mol. The first kappa shape index (κ1) is 27.1. The largest absolute Gasteiger partial charge is 0.392 e. The number of nitrogens with zero attached hydrogens (tertiary/aromatic N) is 3. The normalized spacial score (nSPS) is 21.9. The Labute approximate surface area is 228 Å². The Bertz CT molecular complexity index is 1240. The zero-order valence-electron chi connectivity index (χ0n) is 22.0. The van der Waals surface area contributed by atoms with Crippen LogP contribution in [0.3, 0.4) is 0 Å². The molecular formula is C29H36ClFN4O3. The first-order valence-electron chi connectivity index (χ1n) is 13.2. The Morgan fingerprint density at radius 3 is 2.68 bits per heavy atom. The van der Waals surface area contributed by atoms with E-state index in [1.165, 1.54) is 12.1 Å². The van der Waals surface area contributed by atoms with Crippen molar-refractivity contribution >= 4 is 17.4 Å². The molecule has 0 amide bonds. The number of fused-ring (bicyclic) bond motifs is 1. The molecule has 7 nitrogen and oxygen atoms in total. The van der Waals surface area contributed by atoms with Crippen molar-refractivity contribution in [2.24, 2.45) is 0 Å². The molecule has 2 aliphatic rings. The minimum atomic E-state index is -0.299. The van der Waals surface area contributed by atoms with Crippen molar-refractivity contribution in [3.63, 3.8) is 0 Å². The van der Waals surface area contributed by atoms with Gasteiger partial charge in [0.05, 0.1) is 30.4 Å². The maximum absolute atomic E-state index is 14.0. The molecule has 1 aliphatic carbocycles. The zero-order chi connectivity index (χ0) is 26.6. The summed E-state index contributed by atoms with van der Waals surface area (Å²) in [5, 5.41) is 14.0. The number of aliphatic hydroxyl groups excluding tert-OH is 1. The van der Waals surface area contributed by atoms with E-state index < -0.39 is 0 Å². The van der Waals surface area contributed by atoms with Crippen LogP contribution >= 0.6 is 11.6 Å². The predicted molar refractivity (Wildman–Crippen MR) is 147 cm³/mol. The SMILES string of the molecule is COC[C@H]1Cn2cc(-c3cc(NC4CCC(OC)CC4)ncc3Cl)cc2CN1Cc1cc(F)ccc1CO. The molecule has 0 radical (unpaired) electrons. The van der Waals surface area contributed by atoms with Gasteiger partial charge in [-0.05, 0) is 61.1 Å². The summed E-state index contributed by atoms with van der Waals surface area (Å²) in [6.45, 7) is 2.36. The summed E-state index contributed by atoms with van der Waals surface area (Å²) >= 11 is 6.63. The maximum atomic E-state index is 14.0. The second kappa shape index (κ2) is 12.1. The van der Waals surface area contributed by atoms with E-state index >= 15 is 0 Å². The van der Waals surface area contributed by atoms with Gasteiger partial charge < -0.3 is 24.5 Å². The fourth-order valence-electron chi connectivity index (χ4n) is 5.72. The van der Waals surface area contributed by atoms with E-state index in [0.717, 1.165) is 66.0 Å². The number of halogens is 2. The number of ether oxygens (including phenoxy) is 2. The van der Waals surface area contributed by atoms with E-state index in [0.29, 0.717) is 36.9 Å². The smallest absolute Gasteiger partial charge is 0.126 e. The first-order chi connectivity index (χ1) is 18.5. The van der Waals surface area contributed by atoms with E-state index in [1.54, 1.807) is 26.5 Å². The van der Waals surface area contributed by atoms with Crippen LogP contribution in [0, 0.1) is 5.82 Å². The van der Waals surface area contributed by atoms with E-state index in [-0.39, 0.29) is 18.5 Å². The lowest BCUT2D eigenvalue weighted by molar-refractivity contribution is 0.0536. The quantitative estimate of drug-likeness (QED) is 0.385. The van der Waals surface area contributed by atoms with Gasteiger partial charge in [0.1, 0.15) is 11.6 Å². The van der Waals surface area contributed by atoms with Crippen molar-refractivity contribution in [2.75, 3.05) is 26.1 Å².